The number of hydrogen-bond donors (Lipinski definition) is 1. The third kappa shape index (κ3) is 4.71. The summed E-state index contributed by atoms with van der Waals surface area (Å²) in [4.78, 5) is 12.4. The van der Waals surface area contributed by atoms with Crippen LogP contribution in [0, 0.1) is 19.8 Å². The number of aromatic nitrogens is 2. The largest absolute Gasteiger partial charge is 0.323 e. The molecule has 0 aliphatic heterocycles. The number of hydrogen-bond acceptors (Lipinski definition) is 2. The minimum absolute atomic E-state index is 0.121. The first-order valence-electron chi connectivity index (χ1n) is 9.51. The van der Waals surface area contributed by atoms with Gasteiger partial charge in [0.1, 0.15) is 0 Å². The van der Waals surface area contributed by atoms with Crippen LogP contribution in [0.25, 0.3) is 0 Å². The lowest BCUT2D eigenvalue weighted by molar-refractivity contribution is -0.116. The lowest BCUT2D eigenvalue weighted by Gasteiger charge is -2.21. The van der Waals surface area contributed by atoms with E-state index in [0.29, 0.717) is 6.42 Å². The highest BCUT2D eigenvalue weighted by atomic mass is 16.1. The van der Waals surface area contributed by atoms with Gasteiger partial charge in [-0.1, -0.05) is 62.4 Å². The molecule has 1 aromatic carbocycles. The quantitative estimate of drug-likeness (QED) is 0.818. The Bertz CT molecular complexity index is 699. The van der Waals surface area contributed by atoms with E-state index in [0.717, 1.165) is 36.0 Å². The maximum Gasteiger partial charge on any atom is 0.224 e. The van der Waals surface area contributed by atoms with Crippen molar-refractivity contribution < 1.29 is 4.79 Å². The minimum Gasteiger partial charge on any atom is -0.323 e. The number of aryl methyl sites for hydroxylation is 1. The van der Waals surface area contributed by atoms with Gasteiger partial charge in [0.25, 0.3) is 0 Å². The van der Waals surface area contributed by atoms with Crippen LogP contribution in [0.4, 0.5) is 5.69 Å². The van der Waals surface area contributed by atoms with Crippen molar-refractivity contribution in [2.45, 2.75) is 65.3 Å². The van der Waals surface area contributed by atoms with E-state index in [1.54, 1.807) is 0 Å². The molecule has 4 nitrogen and oxygen atoms in total. The van der Waals surface area contributed by atoms with Crippen molar-refractivity contribution in [1.29, 1.82) is 0 Å². The molecular formula is C21H29N3O. The maximum atomic E-state index is 12.4. The molecule has 1 fully saturated rings. The molecule has 1 aromatic heterocycles. The Morgan fingerprint density at radius 2 is 1.88 bits per heavy atom. The monoisotopic (exact) mass is 339 g/mol. The highest BCUT2D eigenvalue weighted by Gasteiger charge is 2.17. The molecule has 0 radical (unpaired) electrons. The normalized spacial score (nSPS) is 15.3. The standard InChI is InChI=1S/C21H29N3O/c1-16-21(22-20(25)14-13-18-9-5-3-6-10-18)17(2)24(23-16)15-19-11-7-4-8-12-19/h4,7-8,11-12,18H,3,5-6,9-10,13-15H2,1-2H3,(H,22,25). The van der Waals surface area contributed by atoms with Crippen LogP contribution in [0.15, 0.2) is 30.3 Å². The predicted molar refractivity (Wildman–Crippen MR) is 102 cm³/mol. The summed E-state index contributed by atoms with van der Waals surface area (Å²) in [7, 11) is 0. The fourth-order valence-electron chi connectivity index (χ4n) is 3.80. The molecule has 134 valence electrons. The maximum absolute atomic E-state index is 12.4. The average Bonchev–Trinajstić information content (AvgIpc) is 2.89. The molecule has 1 heterocycles. The molecule has 1 N–H and O–H groups in total. The summed E-state index contributed by atoms with van der Waals surface area (Å²) < 4.78 is 1.97. The van der Waals surface area contributed by atoms with Crippen molar-refractivity contribution >= 4 is 11.6 Å². The second-order valence-electron chi connectivity index (χ2n) is 7.28. The Kier molecular flexibility index (Phi) is 5.90. The molecule has 2 aromatic rings. The molecule has 3 rings (SSSR count). The molecule has 0 atom stereocenters. The fraction of sp³-hybridized carbons (Fsp3) is 0.524. The first kappa shape index (κ1) is 17.7. The number of anilines is 1. The Morgan fingerprint density at radius 1 is 1.16 bits per heavy atom. The van der Waals surface area contributed by atoms with Crippen molar-refractivity contribution in [3.8, 4) is 0 Å². The number of nitrogens with one attached hydrogen (secondary N) is 1. The van der Waals surface area contributed by atoms with Gasteiger partial charge in [0.2, 0.25) is 5.91 Å². The Morgan fingerprint density at radius 3 is 2.60 bits per heavy atom. The Labute approximate surface area is 150 Å². The summed E-state index contributed by atoms with van der Waals surface area (Å²) in [5.41, 5.74) is 4.00. The average molecular weight is 339 g/mol. The number of carbonyl (C=O) groups excluding carboxylic acids is 1. The molecule has 4 heteroatoms. The number of amides is 1. The van der Waals surface area contributed by atoms with E-state index < -0.39 is 0 Å². The Hall–Kier alpha value is -2.10. The van der Waals surface area contributed by atoms with Crippen LogP contribution in [-0.2, 0) is 11.3 Å². The van der Waals surface area contributed by atoms with Crippen molar-refractivity contribution in [2.24, 2.45) is 5.92 Å². The summed E-state index contributed by atoms with van der Waals surface area (Å²) in [5.74, 6) is 0.860. The van der Waals surface area contributed by atoms with Gasteiger partial charge in [-0.05, 0) is 31.7 Å². The van der Waals surface area contributed by atoms with Gasteiger partial charge in [-0.3, -0.25) is 9.48 Å². The van der Waals surface area contributed by atoms with Gasteiger partial charge in [0.05, 0.1) is 23.6 Å². The molecule has 0 unspecified atom stereocenters. The summed E-state index contributed by atoms with van der Waals surface area (Å²) in [6.07, 6.45) is 8.24. The van der Waals surface area contributed by atoms with Crippen LogP contribution in [0.5, 0.6) is 0 Å². The van der Waals surface area contributed by atoms with Crippen molar-refractivity contribution in [3.05, 3.63) is 47.3 Å². The van der Waals surface area contributed by atoms with E-state index in [2.05, 4.69) is 22.5 Å². The zero-order valence-corrected chi connectivity index (χ0v) is 15.4. The molecule has 1 amide bonds. The van der Waals surface area contributed by atoms with Crippen LogP contribution in [0.1, 0.15) is 61.9 Å². The smallest absolute Gasteiger partial charge is 0.224 e. The summed E-state index contributed by atoms with van der Waals surface area (Å²) in [6.45, 7) is 4.72. The van der Waals surface area contributed by atoms with Gasteiger partial charge in [-0.15, -0.1) is 0 Å². The van der Waals surface area contributed by atoms with Crippen molar-refractivity contribution in [1.82, 2.24) is 9.78 Å². The molecule has 0 saturated heterocycles. The molecular weight excluding hydrogens is 310 g/mol. The minimum atomic E-state index is 0.121. The highest BCUT2D eigenvalue weighted by molar-refractivity contribution is 5.91. The lowest BCUT2D eigenvalue weighted by atomic mass is 9.86. The number of carbonyl (C=O) groups is 1. The van der Waals surface area contributed by atoms with Gasteiger partial charge >= 0.3 is 0 Å². The van der Waals surface area contributed by atoms with Crippen LogP contribution >= 0.6 is 0 Å². The van der Waals surface area contributed by atoms with Gasteiger partial charge in [-0.2, -0.15) is 5.10 Å². The summed E-state index contributed by atoms with van der Waals surface area (Å²) >= 11 is 0. The molecule has 1 saturated carbocycles. The van der Waals surface area contributed by atoms with Gasteiger partial charge in [0, 0.05) is 6.42 Å². The van der Waals surface area contributed by atoms with E-state index in [4.69, 9.17) is 0 Å². The summed E-state index contributed by atoms with van der Waals surface area (Å²) in [6, 6.07) is 10.3. The summed E-state index contributed by atoms with van der Waals surface area (Å²) in [5, 5.41) is 7.71. The van der Waals surface area contributed by atoms with Crippen molar-refractivity contribution in [3.63, 3.8) is 0 Å². The van der Waals surface area contributed by atoms with E-state index in [1.807, 2.05) is 36.7 Å². The number of nitrogens with zero attached hydrogens (tertiary/aromatic N) is 2. The Balaban J connectivity index is 1.59. The van der Waals surface area contributed by atoms with Crippen molar-refractivity contribution in [2.75, 3.05) is 5.32 Å². The zero-order valence-electron chi connectivity index (χ0n) is 15.4. The van der Waals surface area contributed by atoms with E-state index in [1.165, 1.54) is 37.7 Å². The van der Waals surface area contributed by atoms with Gasteiger partial charge in [0.15, 0.2) is 0 Å². The van der Waals surface area contributed by atoms with E-state index in [-0.39, 0.29) is 5.91 Å². The third-order valence-corrected chi connectivity index (χ3v) is 5.33. The second kappa shape index (κ2) is 8.32. The van der Waals surface area contributed by atoms with E-state index in [9.17, 15) is 4.79 Å². The van der Waals surface area contributed by atoms with E-state index >= 15 is 0 Å². The first-order chi connectivity index (χ1) is 12.1. The zero-order chi connectivity index (χ0) is 17.6. The van der Waals surface area contributed by atoms with Crippen LogP contribution in [0.3, 0.4) is 0 Å². The SMILES string of the molecule is Cc1nn(Cc2ccccc2)c(C)c1NC(=O)CCC1CCCCC1. The van der Waals surface area contributed by atoms with Gasteiger partial charge in [-0.25, -0.2) is 0 Å². The molecule has 0 spiro atoms. The lowest BCUT2D eigenvalue weighted by Crippen LogP contribution is -2.15. The highest BCUT2D eigenvalue weighted by Crippen LogP contribution is 2.28. The van der Waals surface area contributed by atoms with Crippen LogP contribution in [-0.4, -0.2) is 15.7 Å². The number of rotatable bonds is 6. The van der Waals surface area contributed by atoms with Gasteiger partial charge < -0.3 is 5.32 Å². The molecule has 1 aliphatic rings. The van der Waals surface area contributed by atoms with Crippen LogP contribution in [0.2, 0.25) is 0 Å². The molecule has 0 bridgehead atoms. The molecule has 1 aliphatic carbocycles. The molecule has 25 heavy (non-hydrogen) atoms. The topological polar surface area (TPSA) is 46.9 Å². The predicted octanol–water partition coefficient (Wildman–Crippen LogP) is 4.85. The second-order valence-corrected chi connectivity index (χ2v) is 7.28. The third-order valence-electron chi connectivity index (χ3n) is 5.33. The first-order valence-corrected chi connectivity index (χ1v) is 9.51. The fourth-order valence-corrected chi connectivity index (χ4v) is 3.80. The van der Waals surface area contributed by atoms with Crippen LogP contribution < -0.4 is 5.32 Å². The number of benzene rings is 1.